The molecule has 2 rings (SSSR count). The summed E-state index contributed by atoms with van der Waals surface area (Å²) in [5, 5.41) is 0. The highest BCUT2D eigenvalue weighted by atomic mass is 32.2. The lowest BCUT2D eigenvalue weighted by Crippen LogP contribution is -2.25. The van der Waals surface area contributed by atoms with Gasteiger partial charge in [0.1, 0.15) is 0 Å². The van der Waals surface area contributed by atoms with Crippen LogP contribution in [0, 0.1) is 0 Å². The highest BCUT2D eigenvalue weighted by Crippen LogP contribution is 2.15. The van der Waals surface area contributed by atoms with E-state index in [0.29, 0.717) is 17.1 Å². The van der Waals surface area contributed by atoms with E-state index in [1.165, 1.54) is 0 Å². The first-order chi connectivity index (χ1) is 9.49. The zero-order chi connectivity index (χ0) is 14.6. The number of sulfone groups is 1. The minimum Gasteiger partial charge on any atom is -0.399 e. The van der Waals surface area contributed by atoms with Gasteiger partial charge < -0.3 is 10.6 Å². The van der Waals surface area contributed by atoms with Crippen LogP contribution in [0.25, 0.3) is 0 Å². The maximum absolute atomic E-state index is 12.2. The van der Waals surface area contributed by atoms with Crippen molar-refractivity contribution in [1.29, 1.82) is 0 Å². The molecule has 0 aliphatic heterocycles. The van der Waals surface area contributed by atoms with Crippen LogP contribution in [0.3, 0.4) is 0 Å². The van der Waals surface area contributed by atoms with Crippen LogP contribution in [0.4, 0.5) is 11.4 Å². The molecule has 0 radical (unpaired) electrons. The van der Waals surface area contributed by atoms with Crippen molar-refractivity contribution in [1.82, 2.24) is 0 Å². The van der Waals surface area contributed by atoms with Crippen LogP contribution in [-0.2, 0) is 9.84 Å². The SMILES string of the molecule is CN(CCS(=O)(=O)c1ccc(N)cc1)c1ccccc1. The predicted octanol–water partition coefficient (Wildman–Crippen LogP) is 2.18. The Morgan fingerprint density at radius 2 is 1.60 bits per heavy atom. The van der Waals surface area contributed by atoms with E-state index in [0.717, 1.165) is 5.69 Å². The highest BCUT2D eigenvalue weighted by Gasteiger charge is 2.15. The zero-order valence-electron chi connectivity index (χ0n) is 11.4. The van der Waals surface area contributed by atoms with Crippen LogP contribution in [-0.4, -0.2) is 27.8 Å². The van der Waals surface area contributed by atoms with E-state index in [2.05, 4.69) is 0 Å². The van der Waals surface area contributed by atoms with Crippen LogP contribution < -0.4 is 10.6 Å². The molecular formula is C15H18N2O2S. The molecule has 2 N–H and O–H groups in total. The lowest BCUT2D eigenvalue weighted by Gasteiger charge is -2.19. The van der Waals surface area contributed by atoms with Gasteiger partial charge in [-0.1, -0.05) is 18.2 Å². The van der Waals surface area contributed by atoms with Gasteiger partial charge in [0, 0.05) is 25.0 Å². The second kappa shape index (κ2) is 5.96. The smallest absolute Gasteiger partial charge is 0.180 e. The van der Waals surface area contributed by atoms with Crippen molar-refractivity contribution in [2.45, 2.75) is 4.90 Å². The summed E-state index contributed by atoms with van der Waals surface area (Å²) < 4.78 is 24.4. The maximum atomic E-state index is 12.2. The summed E-state index contributed by atoms with van der Waals surface area (Å²) in [4.78, 5) is 2.24. The van der Waals surface area contributed by atoms with Gasteiger partial charge in [0.25, 0.3) is 0 Å². The van der Waals surface area contributed by atoms with Crippen LogP contribution in [0.15, 0.2) is 59.5 Å². The van der Waals surface area contributed by atoms with E-state index in [1.54, 1.807) is 24.3 Å². The van der Waals surface area contributed by atoms with Gasteiger partial charge in [-0.3, -0.25) is 0 Å². The minimum absolute atomic E-state index is 0.0717. The molecule has 0 saturated carbocycles. The fourth-order valence-corrected chi connectivity index (χ4v) is 3.16. The van der Waals surface area contributed by atoms with Crippen molar-refractivity contribution >= 4 is 21.2 Å². The number of hydrogen-bond acceptors (Lipinski definition) is 4. The Morgan fingerprint density at radius 3 is 2.20 bits per heavy atom. The summed E-state index contributed by atoms with van der Waals surface area (Å²) in [6.45, 7) is 0.441. The van der Waals surface area contributed by atoms with Gasteiger partial charge in [0.15, 0.2) is 9.84 Å². The van der Waals surface area contributed by atoms with Crippen LogP contribution >= 0.6 is 0 Å². The molecule has 20 heavy (non-hydrogen) atoms. The van der Waals surface area contributed by atoms with Crippen molar-refractivity contribution in [2.24, 2.45) is 0 Å². The number of hydrogen-bond donors (Lipinski definition) is 1. The molecule has 106 valence electrons. The second-order valence-corrected chi connectivity index (χ2v) is 6.75. The monoisotopic (exact) mass is 290 g/mol. The predicted molar refractivity (Wildman–Crippen MR) is 82.6 cm³/mol. The van der Waals surface area contributed by atoms with E-state index in [9.17, 15) is 8.42 Å². The van der Waals surface area contributed by atoms with Gasteiger partial charge in [-0.15, -0.1) is 0 Å². The maximum Gasteiger partial charge on any atom is 0.180 e. The van der Waals surface area contributed by atoms with Crippen LogP contribution in [0.2, 0.25) is 0 Å². The van der Waals surface area contributed by atoms with Crippen molar-refractivity contribution < 1.29 is 8.42 Å². The molecule has 0 bridgehead atoms. The first kappa shape index (κ1) is 14.4. The van der Waals surface area contributed by atoms with Gasteiger partial charge in [-0.25, -0.2) is 8.42 Å². The Balaban J connectivity index is 2.04. The first-order valence-electron chi connectivity index (χ1n) is 6.33. The van der Waals surface area contributed by atoms with Crippen LogP contribution in [0.5, 0.6) is 0 Å². The third-order valence-electron chi connectivity index (χ3n) is 3.13. The fourth-order valence-electron chi connectivity index (χ4n) is 1.86. The van der Waals surface area contributed by atoms with Gasteiger partial charge in [-0.2, -0.15) is 0 Å². The Bertz CT molecular complexity index is 652. The molecule has 0 aliphatic carbocycles. The topological polar surface area (TPSA) is 63.4 Å². The number of benzene rings is 2. The Kier molecular flexibility index (Phi) is 4.29. The van der Waals surface area contributed by atoms with Gasteiger partial charge in [-0.05, 0) is 36.4 Å². The summed E-state index contributed by atoms with van der Waals surface area (Å²) in [6, 6.07) is 16.0. The second-order valence-electron chi connectivity index (χ2n) is 4.65. The van der Waals surface area contributed by atoms with Gasteiger partial charge >= 0.3 is 0 Å². The molecule has 4 nitrogen and oxygen atoms in total. The molecule has 0 fully saturated rings. The molecule has 0 aliphatic rings. The quantitative estimate of drug-likeness (QED) is 0.857. The number of nitrogen functional groups attached to an aromatic ring is 1. The number of para-hydroxylation sites is 1. The normalized spacial score (nSPS) is 11.2. The Morgan fingerprint density at radius 1 is 1.00 bits per heavy atom. The molecule has 2 aromatic carbocycles. The molecule has 0 spiro atoms. The molecular weight excluding hydrogens is 272 g/mol. The average molecular weight is 290 g/mol. The lowest BCUT2D eigenvalue weighted by atomic mass is 10.3. The minimum atomic E-state index is -3.28. The van der Waals surface area contributed by atoms with Crippen molar-refractivity contribution in [2.75, 3.05) is 30.0 Å². The summed E-state index contributed by atoms with van der Waals surface area (Å²) >= 11 is 0. The molecule has 0 saturated heterocycles. The van der Waals surface area contributed by atoms with Gasteiger partial charge in [0.2, 0.25) is 0 Å². The average Bonchev–Trinajstić information content (AvgIpc) is 2.46. The van der Waals surface area contributed by atoms with Crippen molar-refractivity contribution in [3.8, 4) is 0 Å². The molecule has 0 amide bonds. The van der Waals surface area contributed by atoms with Crippen molar-refractivity contribution in [3.05, 3.63) is 54.6 Å². The number of nitrogens with two attached hydrogens (primary N) is 1. The van der Waals surface area contributed by atoms with E-state index >= 15 is 0 Å². The number of anilines is 2. The summed E-state index contributed by atoms with van der Waals surface area (Å²) in [5.74, 6) is 0.0717. The third-order valence-corrected chi connectivity index (χ3v) is 4.84. The lowest BCUT2D eigenvalue weighted by molar-refractivity contribution is 0.595. The van der Waals surface area contributed by atoms with E-state index in [1.807, 2.05) is 42.3 Å². The molecule has 2 aromatic rings. The van der Waals surface area contributed by atoms with E-state index in [4.69, 9.17) is 5.73 Å². The van der Waals surface area contributed by atoms with Crippen molar-refractivity contribution in [3.63, 3.8) is 0 Å². The number of rotatable bonds is 5. The number of nitrogens with zero attached hydrogens (tertiary/aromatic N) is 1. The fraction of sp³-hybridized carbons (Fsp3) is 0.200. The molecule has 0 aromatic heterocycles. The van der Waals surface area contributed by atoms with E-state index < -0.39 is 9.84 Å². The third kappa shape index (κ3) is 3.51. The molecule has 5 heteroatoms. The molecule has 0 atom stereocenters. The zero-order valence-corrected chi connectivity index (χ0v) is 12.2. The Hall–Kier alpha value is -2.01. The summed E-state index contributed by atoms with van der Waals surface area (Å²) in [6.07, 6.45) is 0. The largest absolute Gasteiger partial charge is 0.399 e. The standard InChI is InChI=1S/C15H18N2O2S/c1-17(14-5-3-2-4-6-14)11-12-20(18,19)15-9-7-13(16)8-10-15/h2-10H,11-12,16H2,1H3. The Labute approximate surface area is 119 Å². The summed E-state index contributed by atoms with van der Waals surface area (Å²) in [5.41, 5.74) is 7.13. The summed E-state index contributed by atoms with van der Waals surface area (Å²) in [7, 11) is -1.39. The molecule has 0 heterocycles. The van der Waals surface area contributed by atoms with Crippen LogP contribution in [0.1, 0.15) is 0 Å². The first-order valence-corrected chi connectivity index (χ1v) is 7.99. The van der Waals surface area contributed by atoms with Gasteiger partial charge in [0.05, 0.1) is 10.6 Å². The highest BCUT2D eigenvalue weighted by molar-refractivity contribution is 7.91. The molecule has 0 unspecified atom stereocenters. The van der Waals surface area contributed by atoms with E-state index in [-0.39, 0.29) is 5.75 Å².